The highest BCUT2D eigenvalue weighted by molar-refractivity contribution is 9.10. The van der Waals surface area contributed by atoms with E-state index in [9.17, 15) is 0 Å². The molecule has 2 nitrogen and oxygen atoms in total. The van der Waals surface area contributed by atoms with Crippen molar-refractivity contribution in [2.24, 2.45) is 0 Å². The van der Waals surface area contributed by atoms with E-state index >= 15 is 0 Å². The Morgan fingerprint density at radius 2 is 1.95 bits per heavy atom. The van der Waals surface area contributed by atoms with Crippen molar-refractivity contribution >= 4 is 26.9 Å². The summed E-state index contributed by atoms with van der Waals surface area (Å²) in [5, 5.41) is 4.73. The van der Waals surface area contributed by atoms with Gasteiger partial charge >= 0.3 is 0 Å². The minimum Gasteiger partial charge on any atom is -0.459 e. The number of hydrogen-bond acceptors (Lipinski definition) is 2. The first-order chi connectivity index (χ1) is 10.1. The largest absolute Gasteiger partial charge is 0.459 e. The van der Waals surface area contributed by atoms with Crippen LogP contribution in [0.25, 0.3) is 11.0 Å². The van der Waals surface area contributed by atoms with E-state index in [1.54, 1.807) is 0 Å². The van der Waals surface area contributed by atoms with Gasteiger partial charge in [0.2, 0.25) is 0 Å². The lowest BCUT2D eigenvalue weighted by Gasteiger charge is -2.12. The van der Waals surface area contributed by atoms with Crippen molar-refractivity contribution in [2.45, 2.75) is 26.4 Å². The summed E-state index contributed by atoms with van der Waals surface area (Å²) in [5.41, 5.74) is 3.44. The van der Waals surface area contributed by atoms with E-state index in [1.807, 2.05) is 24.3 Å². The van der Waals surface area contributed by atoms with Crippen LogP contribution in [0.5, 0.6) is 0 Å². The number of fused-ring (bicyclic) bond motifs is 1. The van der Waals surface area contributed by atoms with Gasteiger partial charge in [-0.3, -0.25) is 0 Å². The molecule has 21 heavy (non-hydrogen) atoms. The lowest BCUT2D eigenvalue weighted by atomic mass is 10.1. The number of para-hydroxylation sites is 1. The molecule has 0 aliphatic heterocycles. The molecule has 0 aliphatic carbocycles. The van der Waals surface area contributed by atoms with Crippen molar-refractivity contribution in [1.82, 2.24) is 5.32 Å². The number of nitrogens with one attached hydrogen (secondary N) is 1. The van der Waals surface area contributed by atoms with Crippen LogP contribution in [0.1, 0.15) is 29.9 Å². The molecule has 0 saturated heterocycles. The Balaban J connectivity index is 1.78. The number of aryl methyl sites for hydroxylation is 1. The first-order valence-electron chi connectivity index (χ1n) is 7.11. The summed E-state index contributed by atoms with van der Waals surface area (Å²) < 4.78 is 7.11. The molecule has 0 radical (unpaired) electrons. The van der Waals surface area contributed by atoms with Crippen LogP contribution in [0, 0.1) is 6.92 Å². The van der Waals surface area contributed by atoms with E-state index in [1.165, 1.54) is 16.5 Å². The van der Waals surface area contributed by atoms with Crippen molar-refractivity contribution in [1.29, 1.82) is 0 Å². The van der Waals surface area contributed by atoms with Crippen LogP contribution < -0.4 is 5.32 Å². The van der Waals surface area contributed by atoms with Gasteiger partial charge in [-0.1, -0.05) is 46.3 Å². The fraction of sp³-hybridized carbons (Fsp3) is 0.222. The normalized spacial score (nSPS) is 12.7. The zero-order chi connectivity index (χ0) is 14.8. The van der Waals surface area contributed by atoms with Crippen molar-refractivity contribution in [2.75, 3.05) is 0 Å². The molecule has 0 fully saturated rings. The van der Waals surface area contributed by atoms with E-state index in [2.05, 4.69) is 59.4 Å². The number of hydrogen-bond donors (Lipinski definition) is 1. The number of furan rings is 1. The van der Waals surface area contributed by atoms with E-state index in [-0.39, 0.29) is 6.04 Å². The fourth-order valence-corrected chi connectivity index (χ4v) is 3.06. The molecule has 1 N–H and O–H groups in total. The molecule has 1 atom stereocenters. The molecule has 1 aromatic heterocycles. The third-order valence-electron chi connectivity index (χ3n) is 3.78. The molecule has 108 valence electrons. The van der Waals surface area contributed by atoms with Crippen LogP contribution in [0.3, 0.4) is 0 Å². The first-order valence-corrected chi connectivity index (χ1v) is 7.90. The lowest BCUT2D eigenvalue weighted by molar-refractivity contribution is 0.447. The Morgan fingerprint density at radius 3 is 2.71 bits per heavy atom. The molecule has 3 heteroatoms. The lowest BCUT2D eigenvalue weighted by Crippen LogP contribution is -2.18. The van der Waals surface area contributed by atoms with E-state index in [0.717, 1.165) is 22.4 Å². The molecule has 0 bridgehead atoms. The maximum Gasteiger partial charge on any atom is 0.134 e. The number of rotatable bonds is 4. The van der Waals surface area contributed by atoms with Crippen molar-refractivity contribution < 1.29 is 4.42 Å². The minimum absolute atomic E-state index is 0.177. The van der Waals surface area contributed by atoms with Gasteiger partial charge in [0.15, 0.2) is 0 Å². The summed E-state index contributed by atoms with van der Waals surface area (Å²) in [5.74, 6) is 1.02. The Hall–Kier alpha value is -1.58. The maximum absolute atomic E-state index is 6.00. The molecule has 3 rings (SSSR count). The average molecular weight is 344 g/mol. The Kier molecular flexibility index (Phi) is 4.13. The Labute approximate surface area is 133 Å². The minimum atomic E-state index is 0.177. The van der Waals surface area contributed by atoms with Crippen LogP contribution in [-0.4, -0.2) is 0 Å². The predicted octanol–water partition coefficient (Wildman–Crippen LogP) is 5.35. The molecular weight excluding hydrogens is 326 g/mol. The quantitative estimate of drug-likeness (QED) is 0.690. The van der Waals surface area contributed by atoms with Gasteiger partial charge in [0, 0.05) is 16.4 Å². The topological polar surface area (TPSA) is 25.2 Å². The molecule has 0 aliphatic rings. The Morgan fingerprint density at radius 1 is 1.14 bits per heavy atom. The second-order valence-corrected chi connectivity index (χ2v) is 6.24. The summed E-state index contributed by atoms with van der Waals surface area (Å²) in [6, 6.07) is 16.7. The van der Waals surface area contributed by atoms with Gasteiger partial charge in [-0.2, -0.15) is 0 Å². The number of halogens is 1. The zero-order valence-electron chi connectivity index (χ0n) is 12.2. The maximum atomic E-state index is 6.00. The first kappa shape index (κ1) is 14.4. The van der Waals surface area contributed by atoms with Crippen LogP contribution in [0.2, 0.25) is 0 Å². The van der Waals surface area contributed by atoms with Gasteiger partial charge in [-0.15, -0.1) is 0 Å². The zero-order valence-corrected chi connectivity index (χ0v) is 13.8. The van der Waals surface area contributed by atoms with E-state index in [0.29, 0.717) is 0 Å². The second kappa shape index (κ2) is 6.04. The SMILES string of the molecule is Cc1c(C(C)NCc2cccc(Br)c2)oc2ccccc12. The fourth-order valence-electron chi connectivity index (χ4n) is 2.62. The molecule has 1 unspecified atom stereocenters. The average Bonchev–Trinajstić information content (AvgIpc) is 2.83. The van der Waals surface area contributed by atoms with Gasteiger partial charge in [-0.25, -0.2) is 0 Å². The third-order valence-corrected chi connectivity index (χ3v) is 4.27. The van der Waals surface area contributed by atoms with Gasteiger partial charge in [0.1, 0.15) is 11.3 Å². The molecule has 3 aromatic rings. The summed E-state index contributed by atoms with van der Waals surface area (Å²) in [4.78, 5) is 0. The van der Waals surface area contributed by atoms with Crippen LogP contribution in [0.4, 0.5) is 0 Å². The standard InChI is InChI=1S/C18H18BrNO/c1-12-16-8-3-4-9-17(16)21-18(12)13(2)20-11-14-6-5-7-15(19)10-14/h3-10,13,20H,11H2,1-2H3. The van der Waals surface area contributed by atoms with Crippen molar-refractivity contribution in [3.05, 3.63) is 69.9 Å². The smallest absolute Gasteiger partial charge is 0.134 e. The molecule has 0 saturated carbocycles. The predicted molar refractivity (Wildman–Crippen MR) is 90.3 cm³/mol. The van der Waals surface area contributed by atoms with Crippen LogP contribution >= 0.6 is 15.9 Å². The van der Waals surface area contributed by atoms with Gasteiger partial charge in [0.05, 0.1) is 6.04 Å². The summed E-state index contributed by atoms with van der Waals surface area (Å²) >= 11 is 3.50. The molecular formula is C18H18BrNO. The van der Waals surface area contributed by atoms with Crippen molar-refractivity contribution in [3.8, 4) is 0 Å². The van der Waals surface area contributed by atoms with Gasteiger partial charge in [-0.05, 0) is 43.2 Å². The van der Waals surface area contributed by atoms with E-state index in [4.69, 9.17) is 4.42 Å². The van der Waals surface area contributed by atoms with E-state index < -0.39 is 0 Å². The highest BCUT2D eigenvalue weighted by Crippen LogP contribution is 2.29. The van der Waals surface area contributed by atoms with Crippen molar-refractivity contribution in [3.63, 3.8) is 0 Å². The summed E-state index contributed by atoms with van der Waals surface area (Å²) in [7, 11) is 0. The summed E-state index contributed by atoms with van der Waals surface area (Å²) in [6.07, 6.45) is 0. The highest BCUT2D eigenvalue weighted by Gasteiger charge is 2.15. The molecule has 0 amide bonds. The number of benzene rings is 2. The van der Waals surface area contributed by atoms with Crippen LogP contribution in [0.15, 0.2) is 57.4 Å². The summed E-state index contributed by atoms with van der Waals surface area (Å²) in [6.45, 7) is 5.08. The van der Waals surface area contributed by atoms with Gasteiger partial charge in [0.25, 0.3) is 0 Å². The third kappa shape index (κ3) is 3.04. The monoisotopic (exact) mass is 343 g/mol. The second-order valence-electron chi connectivity index (χ2n) is 5.32. The Bertz CT molecular complexity index is 763. The molecule has 0 spiro atoms. The van der Waals surface area contributed by atoms with Crippen LogP contribution in [-0.2, 0) is 6.54 Å². The molecule has 1 heterocycles. The highest BCUT2D eigenvalue weighted by atomic mass is 79.9. The van der Waals surface area contributed by atoms with Gasteiger partial charge < -0.3 is 9.73 Å². The molecule has 2 aromatic carbocycles.